The summed E-state index contributed by atoms with van der Waals surface area (Å²) in [7, 11) is -3.86. The molecule has 0 saturated carbocycles. The second-order valence-electron chi connectivity index (χ2n) is 7.43. The predicted octanol–water partition coefficient (Wildman–Crippen LogP) is 4.01. The molecular formula is C21H25ClN2O4S. The summed E-state index contributed by atoms with van der Waals surface area (Å²) in [5.41, 5.74) is 2.92. The Morgan fingerprint density at radius 3 is 2.45 bits per heavy atom. The molecule has 1 aliphatic rings. The van der Waals surface area contributed by atoms with Crippen molar-refractivity contribution in [2.75, 3.05) is 18.4 Å². The zero-order valence-electron chi connectivity index (χ0n) is 16.9. The minimum atomic E-state index is -3.86. The van der Waals surface area contributed by atoms with Gasteiger partial charge in [-0.2, -0.15) is 4.31 Å². The third-order valence-electron chi connectivity index (χ3n) is 5.05. The monoisotopic (exact) mass is 436 g/mol. The first-order valence-electron chi connectivity index (χ1n) is 9.42. The summed E-state index contributed by atoms with van der Waals surface area (Å²) in [5, 5.41) is 2.93. The van der Waals surface area contributed by atoms with Crippen molar-refractivity contribution in [2.24, 2.45) is 0 Å². The molecule has 0 aromatic heterocycles. The van der Waals surface area contributed by atoms with Crippen molar-refractivity contribution in [3.05, 3.63) is 58.1 Å². The summed E-state index contributed by atoms with van der Waals surface area (Å²) in [6.45, 7) is 8.01. The molecule has 156 valence electrons. The van der Waals surface area contributed by atoms with Gasteiger partial charge in [-0.25, -0.2) is 8.42 Å². The Hall–Kier alpha value is -1.93. The number of benzene rings is 2. The highest BCUT2D eigenvalue weighted by Crippen LogP contribution is 2.28. The van der Waals surface area contributed by atoms with Crippen LogP contribution in [0.5, 0.6) is 0 Å². The van der Waals surface area contributed by atoms with E-state index in [1.165, 1.54) is 22.5 Å². The summed E-state index contributed by atoms with van der Waals surface area (Å²) < 4.78 is 33.4. The number of amides is 1. The Bertz CT molecular complexity index is 1030. The van der Waals surface area contributed by atoms with Gasteiger partial charge in [0.15, 0.2) is 0 Å². The lowest BCUT2D eigenvalue weighted by molar-refractivity contribution is -0.0440. The van der Waals surface area contributed by atoms with Gasteiger partial charge >= 0.3 is 0 Å². The summed E-state index contributed by atoms with van der Waals surface area (Å²) in [4.78, 5) is 12.7. The first-order chi connectivity index (χ1) is 13.6. The van der Waals surface area contributed by atoms with Crippen molar-refractivity contribution >= 4 is 33.2 Å². The number of carbonyl (C=O) groups excluding carboxylic acids is 1. The minimum Gasteiger partial charge on any atom is -0.373 e. The fourth-order valence-electron chi connectivity index (χ4n) is 3.39. The second kappa shape index (κ2) is 8.44. The van der Waals surface area contributed by atoms with Gasteiger partial charge in [0.1, 0.15) is 4.90 Å². The van der Waals surface area contributed by atoms with Crippen LogP contribution in [0.15, 0.2) is 41.3 Å². The first kappa shape index (κ1) is 21.8. The van der Waals surface area contributed by atoms with Gasteiger partial charge in [0.2, 0.25) is 10.0 Å². The van der Waals surface area contributed by atoms with Crippen molar-refractivity contribution < 1.29 is 17.9 Å². The van der Waals surface area contributed by atoms with Crippen LogP contribution in [0.3, 0.4) is 0 Å². The average molecular weight is 437 g/mol. The molecule has 2 aromatic rings. The molecule has 1 amide bonds. The van der Waals surface area contributed by atoms with Crippen molar-refractivity contribution in [1.82, 2.24) is 4.31 Å². The lowest BCUT2D eigenvalue weighted by atomic mass is 10.1. The molecular weight excluding hydrogens is 412 g/mol. The Morgan fingerprint density at radius 2 is 1.79 bits per heavy atom. The number of morpholine rings is 1. The Balaban J connectivity index is 1.91. The fourth-order valence-corrected chi connectivity index (χ4v) is 5.48. The van der Waals surface area contributed by atoms with Gasteiger partial charge in [0.05, 0.1) is 17.2 Å². The average Bonchev–Trinajstić information content (AvgIpc) is 2.64. The third-order valence-corrected chi connectivity index (χ3v) is 7.36. The number of aryl methyl sites for hydroxylation is 1. The Kier molecular flexibility index (Phi) is 6.33. The quantitative estimate of drug-likeness (QED) is 0.785. The van der Waals surface area contributed by atoms with Crippen LogP contribution < -0.4 is 5.32 Å². The molecule has 0 bridgehead atoms. The van der Waals surface area contributed by atoms with E-state index in [2.05, 4.69) is 5.32 Å². The Labute approximate surface area is 176 Å². The largest absolute Gasteiger partial charge is 0.373 e. The maximum atomic E-state index is 13.2. The topological polar surface area (TPSA) is 75.7 Å². The van der Waals surface area contributed by atoms with E-state index in [0.29, 0.717) is 5.69 Å². The van der Waals surface area contributed by atoms with E-state index < -0.39 is 15.9 Å². The first-order valence-corrected chi connectivity index (χ1v) is 11.2. The fraction of sp³-hybridized carbons (Fsp3) is 0.381. The van der Waals surface area contributed by atoms with Crippen LogP contribution in [0.25, 0.3) is 0 Å². The van der Waals surface area contributed by atoms with Gasteiger partial charge in [-0.05, 0) is 63.1 Å². The van der Waals surface area contributed by atoms with E-state index in [1.54, 1.807) is 0 Å². The van der Waals surface area contributed by atoms with E-state index >= 15 is 0 Å². The molecule has 2 atom stereocenters. The lowest BCUT2D eigenvalue weighted by Crippen LogP contribution is -2.48. The number of nitrogens with zero attached hydrogens (tertiary/aromatic N) is 1. The van der Waals surface area contributed by atoms with E-state index in [-0.39, 0.29) is 40.8 Å². The number of hydrogen-bond donors (Lipinski definition) is 1. The van der Waals surface area contributed by atoms with Gasteiger partial charge < -0.3 is 10.1 Å². The number of hydrogen-bond acceptors (Lipinski definition) is 4. The molecule has 2 aromatic carbocycles. The number of rotatable bonds is 4. The van der Waals surface area contributed by atoms with Crippen molar-refractivity contribution in [3.63, 3.8) is 0 Å². The van der Waals surface area contributed by atoms with Crippen molar-refractivity contribution in [2.45, 2.75) is 44.8 Å². The summed E-state index contributed by atoms with van der Waals surface area (Å²) >= 11 is 6.21. The molecule has 1 heterocycles. The molecule has 1 fully saturated rings. The molecule has 1 saturated heterocycles. The molecule has 0 spiro atoms. The van der Waals surface area contributed by atoms with Gasteiger partial charge in [-0.1, -0.05) is 23.7 Å². The lowest BCUT2D eigenvalue weighted by Gasteiger charge is -2.34. The van der Waals surface area contributed by atoms with Gasteiger partial charge in [-0.15, -0.1) is 0 Å². The highest BCUT2D eigenvalue weighted by atomic mass is 35.5. The van der Waals surface area contributed by atoms with Crippen LogP contribution in [0.2, 0.25) is 5.02 Å². The second-order valence-corrected chi connectivity index (χ2v) is 9.74. The molecule has 0 aliphatic carbocycles. The number of sulfonamides is 1. The van der Waals surface area contributed by atoms with E-state index in [9.17, 15) is 13.2 Å². The zero-order chi connectivity index (χ0) is 21.3. The van der Waals surface area contributed by atoms with Crippen LogP contribution in [0, 0.1) is 13.8 Å². The van der Waals surface area contributed by atoms with E-state index in [0.717, 1.165) is 11.1 Å². The molecule has 6 nitrogen and oxygen atoms in total. The van der Waals surface area contributed by atoms with E-state index in [1.807, 2.05) is 45.9 Å². The zero-order valence-corrected chi connectivity index (χ0v) is 18.5. The standard InChI is InChI=1S/C21H25ClN2O4S/c1-13-6-5-7-19(16(13)4)23-21(25)17-8-9-18(22)20(10-17)29(26,27)24-11-14(2)28-15(3)12-24/h5-10,14-15H,11-12H2,1-4H3,(H,23,25)/t14-,15-/m1/s1. The smallest absolute Gasteiger partial charge is 0.255 e. The number of halogens is 1. The van der Waals surface area contributed by atoms with Crippen LogP contribution in [-0.2, 0) is 14.8 Å². The molecule has 8 heteroatoms. The molecule has 1 aliphatic heterocycles. The summed E-state index contributed by atoms with van der Waals surface area (Å²) in [6, 6.07) is 9.93. The third kappa shape index (κ3) is 4.64. The van der Waals surface area contributed by atoms with Gasteiger partial charge in [0, 0.05) is 24.3 Å². The number of ether oxygens (including phenoxy) is 1. The normalized spacial score (nSPS) is 20.4. The minimum absolute atomic E-state index is 0.0749. The maximum Gasteiger partial charge on any atom is 0.255 e. The molecule has 3 rings (SSSR count). The Morgan fingerprint density at radius 1 is 1.14 bits per heavy atom. The highest BCUT2D eigenvalue weighted by molar-refractivity contribution is 7.89. The van der Waals surface area contributed by atoms with E-state index in [4.69, 9.17) is 16.3 Å². The maximum absolute atomic E-state index is 13.2. The molecule has 0 radical (unpaired) electrons. The molecule has 1 N–H and O–H groups in total. The SMILES string of the molecule is Cc1cccc(NC(=O)c2ccc(Cl)c(S(=O)(=O)N3C[C@@H](C)O[C@H](C)C3)c2)c1C. The molecule has 0 unspecified atom stereocenters. The van der Waals surface area contributed by atoms with Gasteiger partial charge in [0.25, 0.3) is 5.91 Å². The van der Waals surface area contributed by atoms with Crippen LogP contribution >= 0.6 is 11.6 Å². The predicted molar refractivity (Wildman–Crippen MR) is 114 cm³/mol. The molecule has 29 heavy (non-hydrogen) atoms. The number of nitrogens with one attached hydrogen (secondary N) is 1. The van der Waals surface area contributed by atoms with Crippen LogP contribution in [-0.4, -0.2) is 43.9 Å². The summed E-state index contributed by atoms with van der Waals surface area (Å²) in [5.74, 6) is -0.393. The highest BCUT2D eigenvalue weighted by Gasteiger charge is 2.33. The van der Waals surface area contributed by atoms with Crippen LogP contribution in [0.4, 0.5) is 5.69 Å². The number of carbonyl (C=O) groups is 1. The summed E-state index contributed by atoms with van der Waals surface area (Å²) in [6.07, 6.45) is -0.439. The van der Waals surface area contributed by atoms with Crippen LogP contribution in [0.1, 0.15) is 35.3 Å². The van der Waals surface area contributed by atoms with Crippen molar-refractivity contribution in [1.29, 1.82) is 0 Å². The number of anilines is 1. The van der Waals surface area contributed by atoms with Gasteiger partial charge in [-0.3, -0.25) is 4.79 Å². The van der Waals surface area contributed by atoms with Crippen molar-refractivity contribution in [3.8, 4) is 0 Å².